The predicted molar refractivity (Wildman–Crippen MR) is 64.4 cm³/mol. The van der Waals surface area contributed by atoms with Crippen LogP contribution in [0.2, 0.25) is 0 Å². The van der Waals surface area contributed by atoms with E-state index < -0.39 is 12.9 Å². The van der Waals surface area contributed by atoms with Crippen molar-refractivity contribution in [3.05, 3.63) is 35.9 Å². The lowest BCUT2D eigenvalue weighted by Crippen LogP contribution is -2.39. The van der Waals surface area contributed by atoms with Crippen molar-refractivity contribution in [2.75, 3.05) is 14.2 Å². The minimum Gasteiger partial charge on any atom is -0.315 e. The Morgan fingerprint density at radius 2 is 1.75 bits per heavy atom. The van der Waals surface area contributed by atoms with Crippen molar-refractivity contribution in [1.29, 1.82) is 0 Å². The van der Waals surface area contributed by atoms with Crippen LogP contribution in [-0.4, -0.2) is 19.5 Å². The molecule has 0 radical (unpaired) electrons. The minimum atomic E-state index is -3.27. The highest BCUT2D eigenvalue weighted by molar-refractivity contribution is 7.55. The molecular weight excluding hydrogens is 225 g/mol. The van der Waals surface area contributed by atoms with E-state index in [2.05, 4.69) is 0 Å². The molecule has 1 unspecified atom stereocenters. The van der Waals surface area contributed by atoms with Gasteiger partial charge in [0.15, 0.2) is 0 Å². The van der Waals surface area contributed by atoms with Crippen molar-refractivity contribution in [2.45, 2.75) is 18.6 Å². The summed E-state index contributed by atoms with van der Waals surface area (Å²) in [5, 5.41) is -1.03. The monoisotopic (exact) mass is 243 g/mol. The molecule has 1 aromatic rings. The molecule has 0 aliphatic carbocycles. The first-order valence-electron chi connectivity index (χ1n) is 4.99. The summed E-state index contributed by atoms with van der Waals surface area (Å²) < 4.78 is 22.1. The van der Waals surface area contributed by atoms with Crippen molar-refractivity contribution in [2.24, 2.45) is 5.73 Å². The summed E-state index contributed by atoms with van der Waals surface area (Å²) in [4.78, 5) is 0. The van der Waals surface area contributed by atoms with E-state index in [1.54, 1.807) is 6.92 Å². The van der Waals surface area contributed by atoms with E-state index in [-0.39, 0.29) is 0 Å². The van der Waals surface area contributed by atoms with Gasteiger partial charge in [-0.2, -0.15) is 0 Å². The van der Waals surface area contributed by atoms with Crippen LogP contribution in [-0.2, 0) is 20.0 Å². The van der Waals surface area contributed by atoms with E-state index in [1.807, 2.05) is 30.3 Å². The maximum Gasteiger partial charge on any atom is 0.349 e. The first kappa shape index (κ1) is 13.4. The van der Waals surface area contributed by atoms with Gasteiger partial charge in [-0.05, 0) is 12.5 Å². The molecule has 1 aromatic carbocycles. The van der Waals surface area contributed by atoms with Gasteiger partial charge >= 0.3 is 7.60 Å². The summed E-state index contributed by atoms with van der Waals surface area (Å²) in [6.07, 6.45) is 0.437. The van der Waals surface area contributed by atoms with Crippen molar-refractivity contribution < 1.29 is 13.6 Å². The van der Waals surface area contributed by atoms with Gasteiger partial charge in [-0.1, -0.05) is 30.3 Å². The summed E-state index contributed by atoms with van der Waals surface area (Å²) in [7, 11) is -0.577. The smallest absolute Gasteiger partial charge is 0.315 e. The molecule has 0 heterocycles. The lowest BCUT2D eigenvalue weighted by atomic mass is 10.1. The molecule has 0 spiro atoms. The Balaban J connectivity index is 2.91. The van der Waals surface area contributed by atoms with Crippen LogP contribution in [0.25, 0.3) is 0 Å². The van der Waals surface area contributed by atoms with Gasteiger partial charge in [0.25, 0.3) is 0 Å². The fraction of sp³-hybridized carbons (Fsp3) is 0.455. The molecule has 0 saturated heterocycles. The predicted octanol–water partition coefficient (Wildman–Crippen LogP) is 2.39. The van der Waals surface area contributed by atoms with Gasteiger partial charge in [0.1, 0.15) is 5.28 Å². The average Bonchev–Trinajstić information content (AvgIpc) is 2.28. The summed E-state index contributed by atoms with van der Waals surface area (Å²) in [5.41, 5.74) is 7.04. The molecular formula is C11H18NO3P. The standard InChI is InChI=1S/C11H18NO3P/c1-11(12,16(13,14-2)15-3)9-10-7-5-4-6-8-10/h4-8H,9,12H2,1-3H3. The van der Waals surface area contributed by atoms with Gasteiger partial charge < -0.3 is 14.8 Å². The maximum atomic E-state index is 12.2. The molecule has 0 aliphatic heterocycles. The quantitative estimate of drug-likeness (QED) is 0.806. The third kappa shape index (κ3) is 2.71. The fourth-order valence-corrected chi connectivity index (χ4v) is 2.96. The number of hydrogen-bond donors (Lipinski definition) is 1. The SMILES string of the molecule is COP(=O)(OC)C(C)(N)Cc1ccccc1. The second kappa shape index (κ2) is 5.11. The zero-order valence-electron chi connectivity index (χ0n) is 9.84. The lowest BCUT2D eigenvalue weighted by Gasteiger charge is -2.30. The van der Waals surface area contributed by atoms with Crippen molar-refractivity contribution in [1.82, 2.24) is 0 Å². The van der Waals surface area contributed by atoms with E-state index in [1.165, 1.54) is 14.2 Å². The Labute approximate surface area is 96.3 Å². The summed E-state index contributed by atoms with van der Waals surface area (Å²) >= 11 is 0. The Morgan fingerprint density at radius 3 is 2.19 bits per heavy atom. The zero-order chi connectivity index (χ0) is 12.2. The van der Waals surface area contributed by atoms with Crippen LogP contribution in [0.1, 0.15) is 12.5 Å². The molecule has 0 bridgehead atoms. The molecule has 0 saturated carbocycles. The van der Waals surface area contributed by atoms with Gasteiger partial charge in [-0.25, -0.2) is 0 Å². The molecule has 0 aliphatic rings. The van der Waals surface area contributed by atoms with Crippen molar-refractivity contribution in [3.63, 3.8) is 0 Å². The maximum absolute atomic E-state index is 12.2. The van der Waals surface area contributed by atoms with Crippen LogP contribution >= 0.6 is 7.60 Å². The number of rotatable bonds is 5. The van der Waals surface area contributed by atoms with E-state index in [9.17, 15) is 4.57 Å². The highest BCUT2D eigenvalue weighted by Crippen LogP contribution is 2.57. The number of hydrogen-bond acceptors (Lipinski definition) is 4. The van der Waals surface area contributed by atoms with E-state index in [0.717, 1.165) is 5.56 Å². The largest absolute Gasteiger partial charge is 0.349 e. The summed E-state index contributed by atoms with van der Waals surface area (Å²) in [5.74, 6) is 0. The first-order valence-corrected chi connectivity index (χ1v) is 6.54. The Morgan fingerprint density at radius 1 is 1.25 bits per heavy atom. The van der Waals surface area contributed by atoms with Crippen LogP contribution in [0, 0.1) is 0 Å². The second-order valence-corrected chi connectivity index (χ2v) is 6.63. The summed E-state index contributed by atoms with van der Waals surface area (Å²) in [6.45, 7) is 1.67. The van der Waals surface area contributed by atoms with Crippen LogP contribution in [0.5, 0.6) is 0 Å². The van der Waals surface area contributed by atoms with Crippen LogP contribution in [0.15, 0.2) is 30.3 Å². The molecule has 16 heavy (non-hydrogen) atoms. The van der Waals surface area contributed by atoms with Crippen molar-refractivity contribution >= 4 is 7.60 Å². The Kier molecular flexibility index (Phi) is 4.28. The highest BCUT2D eigenvalue weighted by atomic mass is 31.2. The van der Waals surface area contributed by atoms with Gasteiger partial charge in [-0.15, -0.1) is 0 Å². The third-order valence-electron chi connectivity index (χ3n) is 2.51. The fourth-order valence-electron chi connectivity index (χ4n) is 1.60. The van der Waals surface area contributed by atoms with Crippen LogP contribution in [0.4, 0.5) is 0 Å². The number of benzene rings is 1. The number of nitrogens with two attached hydrogens (primary N) is 1. The molecule has 90 valence electrons. The van der Waals surface area contributed by atoms with Gasteiger partial charge in [0.2, 0.25) is 0 Å². The van der Waals surface area contributed by atoms with Gasteiger partial charge in [0.05, 0.1) is 0 Å². The third-order valence-corrected chi connectivity index (χ3v) is 4.88. The van der Waals surface area contributed by atoms with E-state index in [0.29, 0.717) is 6.42 Å². The molecule has 2 N–H and O–H groups in total. The lowest BCUT2D eigenvalue weighted by molar-refractivity contribution is 0.248. The molecule has 1 atom stereocenters. The molecule has 1 rings (SSSR count). The van der Waals surface area contributed by atoms with Crippen LogP contribution in [0.3, 0.4) is 0 Å². The molecule has 5 heteroatoms. The molecule has 0 fully saturated rings. The van der Waals surface area contributed by atoms with E-state index >= 15 is 0 Å². The second-order valence-electron chi connectivity index (χ2n) is 3.88. The minimum absolute atomic E-state index is 0.437. The highest BCUT2D eigenvalue weighted by Gasteiger charge is 2.42. The Hall–Kier alpha value is -0.670. The first-order chi connectivity index (χ1) is 7.45. The summed E-state index contributed by atoms with van der Waals surface area (Å²) in [6, 6.07) is 9.61. The van der Waals surface area contributed by atoms with Gasteiger partial charge in [-0.3, -0.25) is 4.57 Å². The topological polar surface area (TPSA) is 61.5 Å². The molecule has 4 nitrogen and oxygen atoms in total. The normalized spacial score (nSPS) is 15.8. The van der Waals surface area contributed by atoms with E-state index in [4.69, 9.17) is 14.8 Å². The van der Waals surface area contributed by atoms with Crippen LogP contribution < -0.4 is 5.73 Å². The van der Waals surface area contributed by atoms with Crippen molar-refractivity contribution in [3.8, 4) is 0 Å². The van der Waals surface area contributed by atoms with Gasteiger partial charge in [0, 0.05) is 20.6 Å². The average molecular weight is 243 g/mol. The Bertz CT molecular complexity index is 370. The molecule has 0 aromatic heterocycles. The molecule has 0 amide bonds. The zero-order valence-corrected chi connectivity index (χ0v) is 10.7.